The van der Waals surface area contributed by atoms with E-state index in [0.717, 1.165) is 44.6 Å². The van der Waals surface area contributed by atoms with Crippen LogP contribution in [-0.2, 0) is 0 Å². The lowest BCUT2D eigenvalue weighted by molar-refractivity contribution is 0.0787. The van der Waals surface area contributed by atoms with Crippen molar-refractivity contribution in [3.8, 4) is 0 Å². The van der Waals surface area contributed by atoms with E-state index in [1.165, 1.54) is 31.3 Å². The monoisotopic (exact) mass is 314 g/mol. The minimum atomic E-state index is 0.0334. The number of hydrogen-bond donors (Lipinski definition) is 1. The van der Waals surface area contributed by atoms with Crippen molar-refractivity contribution >= 4 is 11.9 Å². The molecule has 0 radical (unpaired) electrons. The molecule has 5 nitrogen and oxygen atoms in total. The summed E-state index contributed by atoms with van der Waals surface area (Å²) in [4.78, 5) is 23.2. The molecule has 0 saturated carbocycles. The summed E-state index contributed by atoms with van der Waals surface area (Å²) in [5.74, 6) is 0.606. The van der Waals surface area contributed by atoms with Crippen LogP contribution in [0.2, 0.25) is 0 Å². The highest BCUT2D eigenvalue weighted by Gasteiger charge is 2.21. The number of amides is 1. The van der Waals surface area contributed by atoms with Gasteiger partial charge in [-0.15, -0.1) is 0 Å². The number of likely N-dealkylation sites (tertiary alicyclic amines) is 1. The molecule has 124 valence electrons. The zero-order valence-corrected chi connectivity index (χ0v) is 14.0. The minimum absolute atomic E-state index is 0.0334. The Morgan fingerprint density at radius 2 is 2.04 bits per heavy atom. The van der Waals surface area contributed by atoms with Gasteiger partial charge >= 0.3 is 0 Å². The lowest BCUT2D eigenvalue weighted by atomic mass is 9.97. The molecule has 1 aromatic heterocycles. The molecular weight excluding hydrogens is 288 g/mol. The van der Waals surface area contributed by atoms with Gasteiger partial charge < -0.3 is 10.2 Å². The number of aromatic nitrogens is 2. The van der Waals surface area contributed by atoms with Crippen LogP contribution in [0.4, 0.5) is 5.95 Å². The van der Waals surface area contributed by atoms with Gasteiger partial charge in [-0.3, -0.25) is 4.79 Å². The number of hydrogen-bond acceptors (Lipinski definition) is 4. The fraction of sp³-hybridized carbons (Fsp3) is 0.611. The smallest absolute Gasteiger partial charge is 0.272 e. The summed E-state index contributed by atoms with van der Waals surface area (Å²) in [7, 11) is 0. The van der Waals surface area contributed by atoms with Gasteiger partial charge in [0.05, 0.1) is 0 Å². The van der Waals surface area contributed by atoms with Crippen LogP contribution in [-0.4, -0.2) is 40.4 Å². The van der Waals surface area contributed by atoms with Crippen LogP contribution in [0.15, 0.2) is 17.7 Å². The molecule has 1 amide bonds. The Morgan fingerprint density at radius 1 is 1.22 bits per heavy atom. The molecule has 1 aliphatic heterocycles. The zero-order valence-electron chi connectivity index (χ0n) is 14.0. The van der Waals surface area contributed by atoms with Crippen LogP contribution in [0.25, 0.3) is 0 Å². The van der Waals surface area contributed by atoms with Gasteiger partial charge in [-0.25, -0.2) is 9.97 Å². The predicted molar refractivity (Wildman–Crippen MR) is 91.6 cm³/mol. The highest BCUT2D eigenvalue weighted by molar-refractivity contribution is 5.92. The summed E-state index contributed by atoms with van der Waals surface area (Å²) in [6, 6.07) is 1.79. The highest BCUT2D eigenvalue weighted by atomic mass is 16.2. The van der Waals surface area contributed by atoms with E-state index in [-0.39, 0.29) is 5.91 Å². The topological polar surface area (TPSA) is 58.1 Å². The molecule has 0 bridgehead atoms. The molecule has 2 aliphatic rings. The summed E-state index contributed by atoms with van der Waals surface area (Å²) in [5, 5.41) is 3.28. The number of allylic oxidation sites excluding steroid dienone is 1. The average Bonchev–Trinajstić information content (AvgIpc) is 3.09. The molecule has 0 aromatic carbocycles. The van der Waals surface area contributed by atoms with Gasteiger partial charge in [0.1, 0.15) is 5.69 Å². The first kappa shape index (κ1) is 16.0. The Balaban J connectivity index is 1.60. The Hall–Kier alpha value is -1.91. The van der Waals surface area contributed by atoms with Crippen molar-refractivity contribution in [1.29, 1.82) is 0 Å². The molecule has 0 spiro atoms. The van der Waals surface area contributed by atoms with E-state index in [0.29, 0.717) is 11.6 Å². The number of nitrogens with one attached hydrogen (secondary N) is 1. The second-order valence-electron chi connectivity index (χ2n) is 6.50. The highest BCUT2D eigenvalue weighted by Crippen LogP contribution is 2.20. The summed E-state index contributed by atoms with van der Waals surface area (Å²) in [5.41, 5.74) is 2.88. The second kappa shape index (κ2) is 7.57. The molecule has 0 unspecified atom stereocenters. The van der Waals surface area contributed by atoms with Gasteiger partial charge in [0, 0.05) is 25.3 Å². The van der Waals surface area contributed by atoms with Crippen LogP contribution in [0.3, 0.4) is 0 Å². The van der Waals surface area contributed by atoms with Gasteiger partial charge in [-0.05, 0) is 57.9 Å². The Bertz CT molecular complexity index is 591. The van der Waals surface area contributed by atoms with Crippen molar-refractivity contribution in [2.45, 2.75) is 51.9 Å². The molecule has 1 fully saturated rings. The van der Waals surface area contributed by atoms with Gasteiger partial charge in [0.25, 0.3) is 5.91 Å². The van der Waals surface area contributed by atoms with E-state index in [4.69, 9.17) is 0 Å². The summed E-state index contributed by atoms with van der Waals surface area (Å²) >= 11 is 0. The first-order valence-electron chi connectivity index (χ1n) is 8.79. The fourth-order valence-electron chi connectivity index (χ4n) is 3.31. The van der Waals surface area contributed by atoms with Gasteiger partial charge in [-0.2, -0.15) is 0 Å². The first-order chi connectivity index (χ1) is 11.2. The maximum absolute atomic E-state index is 12.5. The zero-order chi connectivity index (χ0) is 16.1. The van der Waals surface area contributed by atoms with Crippen molar-refractivity contribution in [3.05, 3.63) is 29.1 Å². The number of carbonyl (C=O) groups excluding carboxylic acids is 1. The second-order valence-corrected chi connectivity index (χ2v) is 6.50. The maximum Gasteiger partial charge on any atom is 0.272 e. The van der Waals surface area contributed by atoms with E-state index in [9.17, 15) is 4.79 Å². The van der Waals surface area contributed by atoms with E-state index in [1.807, 2.05) is 11.8 Å². The Morgan fingerprint density at radius 3 is 2.78 bits per heavy atom. The molecule has 0 atom stereocenters. The standard InChI is InChI=1S/C18H26N4O/c1-14-13-16(17(23)22-11-5-6-12-22)21-18(20-14)19-10-9-15-7-3-2-4-8-15/h7,13H,2-6,8-12H2,1H3,(H,19,20,21). The van der Waals surface area contributed by atoms with Crippen molar-refractivity contribution in [3.63, 3.8) is 0 Å². The van der Waals surface area contributed by atoms with Gasteiger partial charge in [0.2, 0.25) is 5.95 Å². The number of aryl methyl sites for hydroxylation is 1. The number of rotatable bonds is 5. The van der Waals surface area contributed by atoms with E-state index in [2.05, 4.69) is 21.4 Å². The predicted octanol–water partition coefficient (Wildman–Crippen LogP) is 3.32. The van der Waals surface area contributed by atoms with E-state index >= 15 is 0 Å². The average molecular weight is 314 g/mol. The first-order valence-corrected chi connectivity index (χ1v) is 8.79. The normalized spacial score (nSPS) is 18.0. The number of anilines is 1. The minimum Gasteiger partial charge on any atom is -0.354 e. The summed E-state index contributed by atoms with van der Waals surface area (Å²) in [6.07, 6.45) is 10.6. The SMILES string of the molecule is Cc1cc(C(=O)N2CCCC2)nc(NCCC2=CCCCC2)n1. The molecule has 23 heavy (non-hydrogen) atoms. The molecule has 5 heteroatoms. The Kier molecular flexibility index (Phi) is 5.26. The van der Waals surface area contributed by atoms with Crippen LogP contribution in [0.5, 0.6) is 0 Å². The lowest BCUT2D eigenvalue weighted by Gasteiger charge is -2.16. The van der Waals surface area contributed by atoms with Gasteiger partial charge in [0.15, 0.2) is 0 Å². The quantitative estimate of drug-likeness (QED) is 0.847. The van der Waals surface area contributed by atoms with Crippen molar-refractivity contribution in [1.82, 2.24) is 14.9 Å². The summed E-state index contributed by atoms with van der Waals surface area (Å²) in [6.45, 7) is 4.43. The van der Waals surface area contributed by atoms with Gasteiger partial charge in [-0.1, -0.05) is 11.6 Å². The van der Waals surface area contributed by atoms with Crippen LogP contribution < -0.4 is 5.32 Å². The lowest BCUT2D eigenvalue weighted by Crippen LogP contribution is -2.28. The fourth-order valence-corrected chi connectivity index (χ4v) is 3.31. The van der Waals surface area contributed by atoms with Crippen molar-refractivity contribution in [2.24, 2.45) is 0 Å². The molecule has 1 N–H and O–H groups in total. The van der Waals surface area contributed by atoms with Crippen LogP contribution in [0, 0.1) is 6.92 Å². The summed E-state index contributed by atoms with van der Waals surface area (Å²) < 4.78 is 0. The molecule has 2 heterocycles. The third kappa shape index (κ3) is 4.30. The molecule has 3 rings (SSSR count). The third-order valence-corrected chi connectivity index (χ3v) is 4.58. The number of carbonyl (C=O) groups is 1. The Labute approximate surface area is 138 Å². The van der Waals surface area contributed by atoms with E-state index in [1.54, 1.807) is 6.07 Å². The third-order valence-electron chi connectivity index (χ3n) is 4.58. The van der Waals surface area contributed by atoms with Crippen LogP contribution in [0.1, 0.15) is 61.1 Å². The molecule has 1 aliphatic carbocycles. The molecule has 1 saturated heterocycles. The molecular formula is C18H26N4O. The molecule has 1 aromatic rings. The van der Waals surface area contributed by atoms with Crippen molar-refractivity contribution < 1.29 is 4.79 Å². The largest absolute Gasteiger partial charge is 0.354 e. The maximum atomic E-state index is 12.5. The van der Waals surface area contributed by atoms with E-state index < -0.39 is 0 Å². The van der Waals surface area contributed by atoms with Crippen LogP contribution >= 0.6 is 0 Å². The number of nitrogens with zero attached hydrogens (tertiary/aromatic N) is 3. The van der Waals surface area contributed by atoms with Crippen molar-refractivity contribution in [2.75, 3.05) is 25.0 Å².